The van der Waals surface area contributed by atoms with Crippen molar-refractivity contribution in [2.45, 2.75) is 66.0 Å². The van der Waals surface area contributed by atoms with Crippen LogP contribution in [-0.4, -0.2) is 53.8 Å². The topological polar surface area (TPSA) is 121 Å². The fourth-order valence-electron chi connectivity index (χ4n) is 6.23. The molecule has 2 aliphatic heterocycles. The molecule has 2 heterocycles. The van der Waals surface area contributed by atoms with Gasteiger partial charge in [-0.25, -0.2) is 0 Å². The Hall–Kier alpha value is -2.10. The SMILES string of the molecule is C.CC1(C)C2CCC1(CS(=O)(=O)O)C(=O)C2.O=C1[C@H]2CCCN[C@H]2C(=O)N1Cc1ccccc1. The first kappa shape index (κ1) is 26.5. The number of imide groups is 1. The van der Waals surface area contributed by atoms with E-state index in [1.165, 1.54) is 4.90 Å². The van der Waals surface area contributed by atoms with Crippen LogP contribution in [0, 0.1) is 22.7 Å². The number of rotatable bonds is 4. The zero-order chi connectivity index (χ0) is 24.0. The van der Waals surface area contributed by atoms with Gasteiger partial charge in [-0.3, -0.25) is 23.8 Å². The summed E-state index contributed by atoms with van der Waals surface area (Å²) >= 11 is 0. The highest BCUT2D eigenvalue weighted by molar-refractivity contribution is 7.85. The second kappa shape index (κ2) is 9.51. The molecule has 2 N–H and O–H groups in total. The number of carbonyl (C=O) groups excluding carboxylic acids is 3. The summed E-state index contributed by atoms with van der Waals surface area (Å²) in [5.74, 6) is -0.319. The van der Waals surface area contributed by atoms with Crippen LogP contribution in [-0.2, 0) is 31.0 Å². The first-order chi connectivity index (χ1) is 15.5. The standard InChI is InChI=1S/C14H16N2O2.C10H16O4S.CH4/c17-13-11-7-4-8-15-12(11)14(18)16(13)9-10-5-2-1-3-6-10;1-9(2)7-3-4-10(9,8(11)5-7)6-15(12,13)14;/h1-3,5-6,11-12,15H,4,7-9H2;7H,3-6H2,1-2H3,(H,12,13,14);1H4/t11-,12+;;/m0../s1. The summed E-state index contributed by atoms with van der Waals surface area (Å²) in [7, 11) is -4.08. The molecule has 0 spiro atoms. The van der Waals surface area contributed by atoms with Gasteiger partial charge in [-0.2, -0.15) is 8.42 Å². The molecule has 2 unspecified atom stereocenters. The first-order valence-electron chi connectivity index (χ1n) is 11.6. The molecule has 34 heavy (non-hydrogen) atoms. The number of nitrogens with zero attached hydrogens (tertiary/aromatic N) is 1. The Kier molecular flexibility index (Phi) is 7.41. The van der Waals surface area contributed by atoms with Crippen molar-refractivity contribution < 1.29 is 27.4 Å². The maximum absolute atomic E-state index is 12.2. The van der Waals surface area contributed by atoms with Crippen LogP contribution in [0.4, 0.5) is 0 Å². The third-order valence-electron chi connectivity index (χ3n) is 8.33. The van der Waals surface area contributed by atoms with E-state index >= 15 is 0 Å². The van der Waals surface area contributed by atoms with Crippen LogP contribution in [0.3, 0.4) is 0 Å². The molecule has 0 aromatic heterocycles. The van der Waals surface area contributed by atoms with Crippen LogP contribution in [0.15, 0.2) is 30.3 Å². The minimum atomic E-state index is -4.08. The number of fused-ring (bicyclic) bond motifs is 3. The largest absolute Gasteiger partial charge is 0.305 e. The van der Waals surface area contributed by atoms with Crippen molar-refractivity contribution in [1.82, 2.24) is 10.2 Å². The third-order valence-corrected chi connectivity index (χ3v) is 9.18. The van der Waals surface area contributed by atoms with Gasteiger partial charge < -0.3 is 5.32 Å². The molecule has 1 aromatic carbocycles. The van der Waals surface area contributed by atoms with E-state index in [2.05, 4.69) is 5.32 Å². The van der Waals surface area contributed by atoms with Crippen LogP contribution >= 0.6 is 0 Å². The van der Waals surface area contributed by atoms with Gasteiger partial charge in [0.15, 0.2) is 0 Å². The molecule has 2 aliphatic carbocycles. The van der Waals surface area contributed by atoms with Gasteiger partial charge in [-0.05, 0) is 49.1 Å². The molecule has 4 atom stereocenters. The van der Waals surface area contributed by atoms with E-state index in [0.717, 1.165) is 31.4 Å². The zero-order valence-electron chi connectivity index (χ0n) is 19.1. The third kappa shape index (κ3) is 4.57. The number of carbonyl (C=O) groups is 3. The summed E-state index contributed by atoms with van der Waals surface area (Å²) in [5.41, 5.74) is -0.122. The number of Topliss-reactive ketones (excluding diaryl/α,β-unsaturated/α-hetero) is 1. The highest BCUT2D eigenvalue weighted by Gasteiger charge is 2.65. The summed E-state index contributed by atoms with van der Waals surface area (Å²) in [6, 6.07) is 9.37. The van der Waals surface area contributed by atoms with Crippen LogP contribution in [0.1, 0.15) is 58.9 Å². The van der Waals surface area contributed by atoms with Crippen molar-refractivity contribution in [1.29, 1.82) is 0 Å². The summed E-state index contributed by atoms with van der Waals surface area (Å²) in [6.07, 6.45) is 3.77. The first-order valence-corrected chi connectivity index (χ1v) is 13.2. The van der Waals surface area contributed by atoms with Gasteiger partial charge in [0.05, 0.1) is 29.7 Å². The molecule has 1 aromatic rings. The Morgan fingerprint density at radius 2 is 1.76 bits per heavy atom. The number of likely N-dealkylation sites (tertiary alicyclic amines) is 1. The lowest BCUT2D eigenvalue weighted by Crippen LogP contribution is -2.44. The van der Waals surface area contributed by atoms with Gasteiger partial charge >= 0.3 is 0 Å². The molecular formula is C25H36N2O6S. The average Bonchev–Trinajstić information content (AvgIpc) is 3.22. The van der Waals surface area contributed by atoms with Gasteiger partial charge in [0.2, 0.25) is 11.8 Å². The molecule has 188 valence electrons. The average molecular weight is 493 g/mol. The molecule has 0 radical (unpaired) electrons. The summed E-state index contributed by atoms with van der Waals surface area (Å²) in [4.78, 5) is 37.7. The minimum absolute atomic E-state index is 0. The predicted molar refractivity (Wildman–Crippen MR) is 128 cm³/mol. The highest BCUT2D eigenvalue weighted by atomic mass is 32.2. The lowest BCUT2D eigenvalue weighted by Gasteiger charge is -2.35. The van der Waals surface area contributed by atoms with E-state index in [9.17, 15) is 22.8 Å². The molecule has 5 rings (SSSR count). The van der Waals surface area contributed by atoms with Crippen molar-refractivity contribution in [3.05, 3.63) is 35.9 Å². The normalized spacial score (nSPS) is 31.6. The molecule has 4 fully saturated rings. The number of ketones is 1. The van der Waals surface area contributed by atoms with Crippen LogP contribution in [0.25, 0.3) is 0 Å². The van der Waals surface area contributed by atoms with Gasteiger partial charge in [0, 0.05) is 6.42 Å². The Morgan fingerprint density at radius 3 is 2.29 bits per heavy atom. The van der Waals surface area contributed by atoms with Crippen LogP contribution < -0.4 is 5.32 Å². The number of amides is 2. The van der Waals surface area contributed by atoms with Crippen molar-refractivity contribution in [2.75, 3.05) is 12.3 Å². The van der Waals surface area contributed by atoms with E-state index in [4.69, 9.17) is 4.55 Å². The summed E-state index contributed by atoms with van der Waals surface area (Å²) in [5, 5.41) is 3.16. The molecule has 2 saturated heterocycles. The Bertz CT molecular complexity index is 1030. The molecular weight excluding hydrogens is 456 g/mol. The lowest BCUT2D eigenvalue weighted by atomic mass is 9.70. The molecule has 9 heteroatoms. The zero-order valence-corrected chi connectivity index (χ0v) is 19.9. The second-order valence-corrected chi connectivity index (χ2v) is 11.8. The van der Waals surface area contributed by atoms with E-state index in [-0.39, 0.29) is 48.3 Å². The molecule has 4 aliphatic rings. The van der Waals surface area contributed by atoms with Gasteiger partial charge in [0.25, 0.3) is 10.1 Å². The maximum atomic E-state index is 12.2. The van der Waals surface area contributed by atoms with Gasteiger partial charge in [-0.15, -0.1) is 0 Å². The summed E-state index contributed by atoms with van der Waals surface area (Å²) in [6.45, 7) is 5.12. The molecule has 8 nitrogen and oxygen atoms in total. The van der Waals surface area contributed by atoms with Crippen molar-refractivity contribution in [3.63, 3.8) is 0 Å². The fraction of sp³-hybridized carbons (Fsp3) is 0.640. The number of nitrogens with one attached hydrogen (secondary N) is 1. The number of piperidine rings is 1. The molecule has 2 amide bonds. The van der Waals surface area contributed by atoms with E-state index < -0.39 is 21.3 Å². The molecule has 2 bridgehead atoms. The van der Waals surface area contributed by atoms with E-state index in [1.54, 1.807) is 0 Å². The van der Waals surface area contributed by atoms with Crippen molar-refractivity contribution >= 4 is 27.7 Å². The van der Waals surface area contributed by atoms with Crippen molar-refractivity contribution in [2.24, 2.45) is 22.7 Å². The number of hydrogen-bond acceptors (Lipinski definition) is 6. The van der Waals surface area contributed by atoms with Crippen LogP contribution in [0.2, 0.25) is 0 Å². The minimum Gasteiger partial charge on any atom is -0.305 e. The second-order valence-electron chi connectivity index (χ2n) is 10.3. The highest BCUT2D eigenvalue weighted by Crippen LogP contribution is 2.64. The van der Waals surface area contributed by atoms with Gasteiger partial charge in [-0.1, -0.05) is 51.6 Å². The van der Waals surface area contributed by atoms with Crippen molar-refractivity contribution in [3.8, 4) is 0 Å². The lowest BCUT2D eigenvalue weighted by molar-refractivity contribution is -0.140. The Morgan fingerprint density at radius 1 is 1.09 bits per heavy atom. The number of benzene rings is 1. The maximum Gasteiger partial charge on any atom is 0.265 e. The fourth-order valence-corrected chi connectivity index (χ4v) is 7.53. The Balaban J connectivity index is 0.000000188. The van der Waals surface area contributed by atoms with Gasteiger partial charge in [0.1, 0.15) is 5.78 Å². The Labute approximate surface area is 202 Å². The smallest absolute Gasteiger partial charge is 0.265 e. The predicted octanol–water partition coefficient (Wildman–Crippen LogP) is 2.83. The molecule has 2 saturated carbocycles. The quantitative estimate of drug-likeness (QED) is 0.490. The number of hydrogen-bond donors (Lipinski definition) is 2. The summed E-state index contributed by atoms with van der Waals surface area (Å²) < 4.78 is 31.0. The van der Waals surface area contributed by atoms with E-state index in [0.29, 0.717) is 19.4 Å². The monoisotopic (exact) mass is 492 g/mol. The van der Waals surface area contributed by atoms with Crippen LogP contribution in [0.5, 0.6) is 0 Å². The van der Waals surface area contributed by atoms with E-state index in [1.807, 2.05) is 44.2 Å².